The Kier molecular flexibility index (Phi) is 3.98. The van der Waals surface area contributed by atoms with Gasteiger partial charge in [0.05, 0.1) is 0 Å². The Hall–Kier alpha value is -1.11. The van der Waals surface area contributed by atoms with Gasteiger partial charge in [0.15, 0.2) is 0 Å². The number of carbonyl (C=O) groups is 1. The first-order chi connectivity index (χ1) is 8.15. The number of carbonyl (C=O) groups excluding carboxylic acids is 1. The summed E-state index contributed by atoms with van der Waals surface area (Å²) in [6, 6.07) is 9.00. The molecule has 17 heavy (non-hydrogen) atoms. The minimum atomic E-state index is 0.455. The number of hydrogen-bond donors (Lipinski definition) is 0. The van der Waals surface area contributed by atoms with Gasteiger partial charge in [-0.2, -0.15) is 0 Å². The molecular weight excluding hydrogens is 208 g/mol. The number of hydrogen-bond acceptors (Lipinski definition) is 1. The van der Waals surface area contributed by atoms with Gasteiger partial charge in [-0.25, -0.2) is 0 Å². The molecule has 1 aliphatic rings. The predicted molar refractivity (Wildman–Crippen MR) is 71.2 cm³/mol. The van der Waals surface area contributed by atoms with E-state index in [0.29, 0.717) is 11.7 Å². The zero-order valence-corrected chi connectivity index (χ0v) is 10.9. The molecule has 1 aromatic carbocycles. The third-order valence-electron chi connectivity index (χ3n) is 3.83. The molecule has 1 aromatic rings. The van der Waals surface area contributed by atoms with E-state index in [1.165, 1.54) is 11.1 Å². The Morgan fingerprint density at radius 1 is 1.12 bits per heavy atom. The standard InChI is InChI=1S/C16H22O/c1-12(2)15-7-3-13(4-8-15)11-14-5-9-16(17)10-6-14/h3-4,7-8,12,14H,5-6,9-11H2,1-2H3. The Morgan fingerprint density at radius 2 is 1.71 bits per heavy atom. The van der Waals surface area contributed by atoms with Gasteiger partial charge in [0.1, 0.15) is 5.78 Å². The van der Waals surface area contributed by atoms with E-state index in [-0.39, 0.29) is 0 Å². The van der Waals surface area contributed by atoms with E-state index < -0.39 is 0 Å². The van der Waals surface area contributed by atoms with Crippen LogP contribution >= 0.6 is 0 Å². The number of rotatable bonds is 3. The Balaban J connectivity index is 1.92. The van der Waals surface area contributed by atoms with Gasteiger partial charge in [0.25, 0.3) is 0 Å². The van der Waals surface area contributed by atoms with Gasteiger partial charge in [-0.05, 0) is 42.2 Å². The lowest BCUT2D eigenvalue weighted by Crippen LogP contribution is -2.15. The smallest absolute Gasteiger partial charge is 0.132 e. The highest BCUT2D eigenvalue weighted by Crippen LogP contribution is 2.25. The minimum absolute atomic E-state index is 0.455. The van der Waals surface area contributed by atoms with Crippen molar-refractivity contribution < 1.29 is 4.79 Å². The molecule has 0 spiro atoms. The molecule has 1 fully saturated rings. The summed E-state index contributed by atoms with van der Waals surface area (Å²) in [5.74, 6) is 1.78. The average Bonchev–Trinajstić information content (AvgIpc) is 2.33. The largest absolute Gasteiger partial charge is 0.300 e. The molecule has 1 heteroatoms. The molecule has 0 aromatic heterocycles. The molecule has 0 saturated heterocycles. The van der Waals surface area contributed by atoms with Crippen molar-refractivity contribution >= 4 is 5.78 Å². The van der Waals surface area contributed by atoms with E-state index in [9.17, 15) is 4.79 Å². The molecule has 0 heterocycles. The predicted octanol–water partition coefficient (Wildman–Crippen LogP) is 4.11. The minimum Gasteiger partial charge on any atom is -0.300 e. The van der Waals surface area contributed by atoms with Gasteiger partial charge >= 0.3 is 0 Å². The van der Waals surface area contributed by atoms with Crippen molar-refractivity contribution in [2.45, 2.75) is 51.9 Å². The summed E-state index contributed by atoms with van der Waals surface area (Å²) in [7, 11) is 0. The maximum Gasteiger partial charge on any atom is 0.132 e. The number of Topliss-reactive ketones (excluding diaryl/α,β-unsaturated/α-hetero) is 1. The maximum absolute atomic E-state index is 11.2. The summed E-state index contributed by atoms with van der Waals surface area (Å²) in [4.78, 5) is 11.2. The lowest BCUT2D eigenvalue weighted by molar-refractivity contribution is -0.120. The summed E-state index contributed by atoms with van der Waals surface area (Å²) in [6.45, 7) is 4.45. The molecule has 0 N–H and O–H groups in total. The van der Waals surface area contributed by atoms with E-state index in [1.807, 2.05) is 0 Å². The molecule has 0 radical (unpaired) electrons. The van der Waals surface area contributed by atoms with E-state index >= 15 is 0 Å². The Morgan fingerprint density at radius 3 is 2.24 bits per heavy atom. The van der Waals surface area contributed by atoms with Crippen LogP contribution in [0.4, 0.5) is 0 Å². The summed E-state index contributed by atoms with van der Waals surface area (Å²) >= 11 is 0. The number of benzene rings is 1. The third kappa shape index (κ3) is 3.42. The summed E-state index contributed by atoms with van der Waals surface area (Å²) in [5, 5.41) is 0. The van der Waals surface area contributed by atoms with Crippen LogP contribution in [0.1, 0.15) is 56.6 Å². The lowest BCUT2D eigenvalue weighted by atomic mass is 9.84. The highest BCUT2D eigenvalue weighted by Gasteiger charge is 2.18. The number of ketones is 1. The second kappa shape index (κ2) is 5.48. The molecule has 1 aliphatic carbocycles. The van der Waals surface area contributed by atoms with E-state index in [4.69, 9.17) is 0 Å². The molecule has 1 saturated carbocycles. The Bertz CT molecular complexity index is 365. The topological polar surface area (TPSA) is 17.1 Å². The molecule has 0 amide bonds. The second-order valence-electron chi connectivity index (χ2n) is 5.58. The maximum atomic E-state index is 11.2. The fourth-order valence-electron chi connectivity index (χ4n) is 2.58. The van der Waals surface area contributed by atoms with Crippen LogP contribution in [0.5, 0.6) is 0 Å². The first-order valence-electron chi connectivity index (χ1n) is 6.75. The fraction of sp³-hybridized carbons (Fsp3) is 0.562. The monoisotopic (exact) mass is 230 g/mol. The molecule has 1 nitrogen and oxygen atoms in total. The summed E-state index contributed by atoms with van der Waals surface area (Å²) < 4.78 is 0. The second-order valence-corrected chi connectivity index (χ2v) is 5.58. The Labute approximate surface area is 104 Å². The van der Waals surface area contributed by atoms with Crippen molar-refractivity contribution in [3.63, 3.8) is 0 Å². The fourth-order valence-corrected chi connectivity index (χ4v) is 2.58. The lowest BCUT2D eigenvalue weighted by Gasteiger charge is -2.21. The van der Waals surface area contributed by atoms with Crippen LogP contribution in [0.15, 0.2) is 24.3 Å². The summed E-state index contributed by atoms with van der Waals surface area (Å²) in [5.41, 5.74) is 2.83. The van der Waals surface area contributed by atoms with Crippen LogP contribution in [0.3, 0.4) is 0 Å². The van der Waals surface area contributed by atoms with E-state index in [0.717, 1.165) is 38.0 Å². The van der Waals surface area contributed by atoms with Crippen LogP contribution in [-0.2, 0) is 11.2 Å². The SMILES string of the molecule is CC(C)c1ccc(CC2CCC(=O)CC2)cc1. The van der Waals surface area contributed by atoms with Crippen molar-refractivity contribution in [1.82, 2.24) is 0 Å². The highest BCUT2D eigenvalue weighted by molar-refractivity contribution is 5.79. The van der Waals surface area contributed by atoms with Crippen LogP contribution in [0, 0.1) is 5.92 Å². The van der Waals surface area contributed by atoms with Gasteiger partial charge in [-0.3, -0.25) is 4.79 Å². The van der Waals surface area contributed by atoms with Gasteiger partial charge in [-0.1, -0.05) is 38.1 Å². The quantitative estimate of drug-likeness (QED) is 0.763. The highest BCUT2D eigenvalue weighted by atomic mass is 16.1. The third-order valence-corrected chi connectivity index (χ3v) is 3.83. The first kappa shape index (κ1) is 12.3. The van der Waals surface area contributed by atoms with Crippen molar-refractivity contribution in [2.24, 2.45) is 5.92 Å². The first-order valence-corrected chi connectivity index (χ1v) is 6.75. The van der Waals surface area contributed by atoms with Crippen molar-refractivity contribution in [3.05, 3.63) is 35.4 Å². The van der Waals surface area contributed by atoms with Gasteiger partial charge < -0.3 is 0 Å². The van der Waals surface area contributed by atoms with Crippen molar-refractivity contribution in [3.8, 4) is 0 Å². The van der Waals surface area contributed by atoms with Crippen LogP contribution in [0.25, 0.3) is 0 Å². The summed E-state index contributed by atoms with van der Waals surface area (Å²) in [6.07, 6.45) is 4.92. The molecule has 0 atom stereocenters. The molecule has 0 bridgehead atoms. The molecule has 92 valence electrons. The molecule has 0 unspecified atom stereocenters. The molecular formula is C16H22O. The van der Waals surface area contributed by atoms with Crippen LogP contribution in [0.2, 0.25) is 0 Å². The van der Waals surface area contributed by atoms with E-state index in [2.05, 4.69) is 38.1 Å². The zero-order valence-electron chi connectivity index (χ0n) is 10.9. The van der Waals surface area contributed by atoms with Crippen LogP contribution in [-0.4, -0.2) is 5.78 Å². The zero-order chi connectivity index (χ0) is 12.3. The van der Waals surface area contributed by atoms with Gasteiger partial charge in [-0.15, -0.1) is 0 Å². The molecule has 2 rings (SSSR count). The van der Waals surface area contributed by atoms with Crippen molar-refractivity contribution in [2.75, 3.05) is 0 Å². The van der Waals surface area contributed by atoms with Gasteiger partial charge in [0.2, 0.25) is 0 Å². The normalized spacial score (nSPS) is 17.7. The van der Waals surface area contributed by atoms with E-state index in [1.54, 1.807) is 0 Å². The van der Waals surface area contributed by atoms with Crippen molar-refractivity contribution in [1.29, 1.82) is 0 Å². The molecule has 0 aliphatic heterocycles. The van der Waals surface area contributed by atoms with Gasteiger partial charge in [0, 0.05) is 12.8 Å². The average molecular weight is 230 g/mol. The van der Waals surface area contributed by atoms with Crippen LogP contribution < -0.4 is 0 Å².